The molecule has 0 saturated heterocycles. The zero-order valence-electron chi connectivity index (χ0n) is 20.8. The maximum absolute atomic E-state index is 14.3. The second-order valence-corrected chi connectivity index (χ2v) is 11.5. The highest BCUT2D eigenvalue weighted by molar-refractivity contribution is 7.97. The average Bonchev–Trinajstić information content (AvgIpc) is 3.62. The third kappa shape index (κ3) is 6.44. The molecule has 0 bridgehead atoms. The summed E-state index contributed by atoms with van der Waals surface area (Å²) in [7, 11) is 0. The van der Waals surface area contributed by atoms with Crippen molar-refractivity contribution in [2.75, 3.05) is 18.9 Å². The Morgan fingerprint density at radius 1 is 1.06 bits per heavy atom. The second-order valence-electron chi connectivity index (χ2n) is 10.6. The molecule has 188 valence electrons. The van der Waals surface area contributed by atoms with E-state index in [1.165, 1.54) is 23.8 Å². The fraction of sp³-hybridized carbons (Fsp3) is 0.500. The van der Waals surface area contributed by atoms with Crippen LogP contribution in [-0.2, 0) is 0 Å². The third-order valence-corrected chi connectivity index (χ3v) is 7.43. The minimum Gasteiger partial charge on any atom is -0.490 e. The molecule has 1 unspecified atom stereocenters. The molecule has 35 heavy (non-hydrogen) atoms. The largest absolute Gasteiger partial charge is 0.490 e. The molecule has 1 aliphatic carbocycles. The summed E-state index contributed by atoms with van der Waals surface area (Å²) in [6.07, 6.45) is 5.02. The van der Waals surface area contributed by atoms with E-state index in [0.717, 1.165) is 30.6 Å². The van der Waals surface area contributed by atoms with Crippen molar-refractivity contribution in [3.63, 3.8) is 0 Å². The maximum Gasteiger partial charge on any atom is 0.261 e. The van der Waals surface area contributed by atoms with Crippen LogP contribution in [0.15, 0.2) is 42.5 Å². The first kappa shape index (κ1) is 25.7. The third-order valence-electron chi connectivity index (χ3n) is 6.53. The Morgan fingerprint density at radius 2 is 1.74 bits per heavy atom. The quantitative estimate of drug-likeness (QED) is 0.208. The smallest absolute Gasteiger partial charge is 0.261 e. The van der Waals surface area contributed by atoms with Gasteiger partial charge in [0.15, 0.2) is 11.6 Å². The zero-order valence-corrected chi connectivity index (χ0v) is 21.6. The molecule has 2 aromatic rings. The molecule has 1 heterocycles. The Labute approximate surface area is 211 Å². The van der Waals surface area contributed by atoms with E-state index in [1.54, 1.807) is 36.2 Å². The summed E-state index contributed by atoms with van der Waals surface area (Å²) in [5, 5.41) is 0. The predicted octanol–water partition coefficient (Wildman–Crippen LogP) is 6.41. The molecule has 1 aliphatic heterocycles. The Balaban J connectivity index is 1.22. The van der Waals surface area contributed by atoms with Crippen LogP contribution in [0.1, 0.15) is 85.2 Å². The van der Waals surface area contributed by atoms with Crippen molar-refractivity contribution in [2.24, 2.45) is 11.3 Å². The Bertz CT molecular complexity index is 1030. The van der Waals surface area contributed by atoms with E-state index in [-0.39, 0.29) is 29.1 Å². The number of nitrogens with one attached hydrogen (secondary N) is 1. The predicted molar refractivity (Wildman–Crippen MR) is 138 cm³/mol. The van der Waals surface area contributed by atoms with E-state index in [2.05, 4.69) is 25.5 Å². The van der Waals surface area contributed by atoms with Gasteiger partial charge in [0.2, 0.25) is 0 Å². The van der Waals surface area contributed by atoms with Gasteiger partial charge in [0, 0.05) is 18.3 Å². The number of hydrogen-bond donors (Lipinski definition) is 1. The molecule has 2 aliphatic rings. The van der Waals surface area contributed by atoms with Crippen molar-refractivity contribution < 1.29 is 18.7 Å². The van der Waals surface area contributed by atoms with Crippen LogP contribution in [0.2, 0.25) is 0 Å². The highest BCUT2D eigenvalue weighted by Gasteiger charge is 2.34. The van der Waals surface area contributed by atoms with E-state index in [4.69, 9.17) is 4.74 Å². The molecule has 1 N–H and O–H groups in total. The lowest BCUT2D eigenvalue weighted by atomic mass is 9.83. The normalized spacial score (nSPS) is 16.5. The van der Waals surface area contributed by atoms with Crippen LogP contribution in [-0.4, -0.2) is 35.6 Å². The molecule has 0 aromatic heterocycles. The van der Waals surface area contributed by atoms with Crippen LogP contribution < -0.4 is 9.46 Å². The number of nitrogens with zero attached hydrogens (tertiary/aromatic N) is 1. The number of benzene rings is 2. The molecule has 0 spiro atoms. The van der Waals surface area contributed by atoms with Crippen molar-refractivity contribution in [2.45, 2.75) is 58.9 Å². The average molecular weight is 499 g/mol. The summed E-state index contributed by atoms with van der Waals surface area (Å²) in [6, 6.07) is 12.2. The van der Waals surface area contributed by atoms with Crippen molar-refractivity contribution in [1.29, 1.82) is 0 Å². The molecule has 2 amide bonds. The molecule has 5 nitrogen and oxygen atoms in total. The molecule has 1 saturated carbocycles. The topological polar surface area (TPSA) is 58.6 Å². The Hall–Kier alpha value is -2.38. The van der Waals surface area contributed by atoms with Gasteiger partial charge in [-0.15, -0.1) is 0 Å². The summed E-state index contributed by atoms with van der Waals surface area (Å²) in [5.74, 6) is 1.13. The summed E-state index contributed by atoms with van der Waals surface area (Å²) in [6.45, 7) is 7.54. The van der Waals surface area contributed by atoms with Crippen LogP contribution >= 0.6 is 11.9 Å². The van der Waals surface area contributed by atoms with Gasteiger partial charge in [0.05, 0.1) is 17.7 Å². The summed E-state index contributed by atoms with van der Waals surface area (Å²) < 4.78 is 23.6. The Kier molecular flexibility index (Phi) is 8.17. The van der Waals surface area contributed by atoms with Crippen LogP contribution in [0.25, 0.3) is 0 Å². The second kappa shape index (κ2) is 11.1. The molecule has 1 fully saturated rings. The number of ether oxygens (including phenoxy) is 1. The van der Waals surface area contributed by atoms with E-state index in [0.29, 0.717) is 35.9 Å². The minimum atomic E-state index is -0.312. The first-order chi connectivity index (χ1) is 16.8. The lowest BCUT2D eigenvalue weighted by Gasteiger charge is -2.32. The number of unbranched alkanes of at least 4 members (excludes halogenated alkanes) is 2. The summed E-state index contributed by atoms with van der Waals surface area (Å²) in [5.41, 5.74) is 1.96. The number of imide groups is 1. The van der Waals surface area contributed by atoms with E-state index in [9.17, 15) is 14.0 Å². The number of carbonyl (C=O) groups excluding carboxylic acids is 2. The molecule has 7 heteroatoms. The van der Waals surface area contributed by atoms with Crippen molar-refractivity contribution >= 4 is 23.8 Å². The van der Waals surface area contributed by atoms with Gasteiger partial charge < -0.3 is 4.74 Å². The first-order valence-corrected chi connectivity index (χ1v) is 13.5. The molecule has 4 rings (SSSR count). The fourth-order valence-corrected chi connectivity index (χ4v) is 5.38. The van der Waals surface area contributed by atoms with Gasteiger partial charge in [0.25, 0.3) is 11.8 Å². The number of rotatable bonds is 12. The van der Waals surface area contributed by atoms with Gasteiger partial charge in [-0.2, -0.15) is 0 Å². The number of hydrogen-bond acceptors (Lipinski definition) is 5. The van der Waals surface area contributed by atoms with Crippen LogP contribution in [0, 0.1) is 17.2 Å². The monoisotopic (exact) mass is 498 g/mol. The summed E-state index contributed by atoms with van der Waals surface area (Å²) >= 11 is 1.66. The summed E-state index contributed by atoms with van der Waals surface area (Å²) in [4.78, 5) is 26.3. The van der Waals surface area contributed by atoms with Crippen molar-refractivity contribution in [3.8, 4) is 5.75 Å². The highest BCUT2D eigenvalue weighted by Crippen LogP contribution is 2.37. The maximum atomic E-state index is 14.3. The number of fused-ring (bicyclic) bond motifs is 1. The van der Waals surface area contributed by atoms with Gasteiger partial charge in [-0.05, 0) is 66.8 Å². The Morgan fingerprint density at radius 3 is 2.37 bits per heavy atom. The number of carbonyl (C=O) groups is 2. The molecule has 0 radical (unpaired) electrons. The standard InChI is InChI=1S/C28H35FN2O3S/c1-28(2,3)25(20-13-14-23(29)24(17-20)34-18-19-11-12-19)30-35-16-8-4-7-15-31-26(32)21-9-5-6-10-22(21)27(31)33/h5-6,9-10,13-14,17,19,25,30H,4,7-8,11-12,15-16,18H2,1-3H3. The van der Waals surface area contributed by atoms with Crippen molar-refractivity contribution in [1.82, 2.24) is 9.62 Å². The SMILES string of the molecule is CC(C)(C)C(NSCCCCCN1C(=O)c2ccccc2C1=O)c1ccc(F)c(OCC2CC2)c1. The minimum absolute atomic E-state index is 0.0368. The van der Waals surface area contributed by atoms with E-state index >= 15 is 0 Å². The van der Waals surface area contributed by atoms with Crippen molar-refractivity contribution in [3.05, 3.63) is 65.0 Å². The number of amides is 2. The van der Waals surface area contributed by atoms with Gasteiger partial charge >= 0.3 is 0 Å². The molecule has 2 aromatic carbocycles. The van der Waals surface area contributed by atoms with Gasteiger partial charge in [-0.1, -0.05) is 57.3 Å². The van der Waals surface area contributed by atoms with E-state index < -0.39 is 0 Å². The van der Waals surface area contributed by atoms with Crippen LogP contribution in [0.3, 0.4) is 0 Å². The van der Waals surface area contributed by atoms with Gasteiger partial charge in [-0.25, -0.2) is 4.39 Å². The van der Waals surface area contributed by atoms with Gasteiger partial charge in [-0.3, -0.25) is 19.2 Å². The first-order valence-electron chi connectivity index (χ1n) is 12.5. The lowest BCUT2D eigenvalue weighted by Crippen LogP contribution is -2.30. The zero-order chi connectivity index (χ0) is 25.0. The lowest BCUT2D eigenvalue weighted by molar-refractivity contribution is 0.0651. The molecule has 1 atom stereocenters. The number of halogens is 1. The van der Waals surface area contributed by atoms with Crippen LogP contribution in [0.4, 0.5) is 4.39 Å². The molecular weight excluding hydrogens is 463 g/mol. The fourth-order valence-electron chi connectivity index (χ4n) is 4.25. The molecular formula is C28H35FN2O3S. The van der Waals surface area contributed by atoms with E-state index in [1.807, 2.05) is 12.1 Å². The highest BCUT2D eigenvalue weighted by atomic mass is 32.2. The van der Waals surface area contributed by atoms with Crippen LogP contribution in [0.5, 0.6) is 5.75 Å². The van der Waals surface area contributed by atoms with Gasteiger partial charge in [0.1, 0.15) is 0 Å².